The molecule has 1 saturated heterocycles. The minimum atomic E-state index is -5.39. The number of carbonyl (C=O) groups excluding carboxylic acids is 1. The molecule has 0 bridgehead atoms. The molecule has 0 atom stereocenters. The smallest absolute Gasteiger partial charge is 0.382 e. The predicted octanol–water partition coefficient (Wildman–Crippen LogP) is 5.70. The number of thiazole rings is 1. The van der Waals surface area contributed by atoms with Gasteiger partial charge in [-0.15, -0.1) is 0 Å². The number of fused-ring (bicyclic) bond motifs is 1. The first-order valence-corrected chi connectivity index (χ1v) is 15.8. The summed E-state index contributed by atoms with van der Waals surface area (Å²) in [6.45, 7) is 1.80. The van der Waals surface area contributed by atoms with Crippen LogP contribution in [0.2, 0.25) is 0 Å². The molecule has 2 aromatic carbocycles. The molecule has 0 radical (unpaired) electrons. The minimum absolute atomic E-state index is 0.0243. The van der Waals surface area contributed by atoms with Crippen LogP contribution in [0, 0.1) is 0 Å². The molecule has 1 saturated carbocycles. The third-order valence-corrected chi connectivity index (χ3v) is 10.2. The first-order chi connectivity index (χ1) is 20.2. The van der Waals surface area contributed by atoms with Crippen molar-refractivity contribution in [3.05, 3.63) is 48.0 Å². The number of hydrogen-bond acceptors (Lipinski definition) is 8. The molecule has 16 heteroatoms. The van der Waals surface area contributed by atoms with Crippen molar-refractivity contribution in [1.29, 1.82) is 0 Å². The van der Waals surface area contributed by atoms with E-state index in [4.69, 9.17) is 4.74 Å². The first kappa shape index (κ1) is 31.3. The average molecular weight is 651 g/mol. The van der Waals surface area contributed by atoms with E-state index < -0.39 is 32.0 Å². The molecule has 1 N–H and O–H groups in total. The monoisotopic (exact) mass is 650 g/mol. The largest absolute Gasteiger partial charge is 0.501 e. The number of aromatic nitrogens is 1. The van der Waals surface area contributed by atoms with Crippen LogP contribution in [-0.4, -0.2) is 74.6 Å². The van der Waals surface area contributed by atoms with E-state index in [9.17, 15) is 39.6 Å². The summed E-state index contributed by atoms with van der Waals surface area (Å²) < 4.78 is 107. The number of sulfone groups is 1. The van der Waals surface area contributed by atoms with Gasteiger partial charge in [0.2, 0.25) is 5.91 Å². The van der Waals surface area contributed by atoms with E-state index in [0.29, 0.717) is 72.9 Å². The van der Waals surface area contributed by atoms with Crippen molar-refractivity contribution < 1.29 is 44.3 Å². The maximum absolute atomic E-state index is 13.0. The molecular formula is C27H28F6N4O4S2. The Labute approximate surface area is 247 Å². The Bertz CT molecular complexity index is 1540. The van der Waals surface area contributed by atoms with E-state index in [2.05, 4.69) is 10.3 Å². The lowest BCUT2D eigenvalue weighted by Gasteiger charge is -2.35. The fourth-order valence-corrected chi connectivity index (χ4v) is 6.89. The first-order valence-electron chi connectivity index (χ1n) is 13.5. The second-order valence-corrected chi connectivity index (χ2v) is 13.4. The molecule has 1 aromatic heterocycles. The lowest BCUT2D eigenvalue weighted by molar-refractivity contribution is -0.139. The number of carbonyl (C=O) groups is 1. The summed E-state index contributed by atoms with van der Waals surface area (Å²) in [5.41, 5.74) is -5.30. The number of piperazine rings is 1. The number of rotatable bonds is 7. The molecule has 5 rings (SSSR count). The van der Waals surface area contributed by atoms with Gasteiger partial charge in [-0.2, -0.15) is 26.3 Å². The quantitative estimate of drug-likeness (QED) is 0.329. The summed E-state index contributed by atoms with van der Waals surface area (Å²) >= 11 is 1.31. The Morgan fingerprint density at radius 1 is 0.953 bits per heavy atom. The molecule has 2 aliphatic rings. The molecular weight excluding hydrogens is 622 g/mol. The van der Waals surface area contributed by atoms with Crippen LogP contribution in [0.25, 0.3) is 10.2 Å². The van der Waals surface area contributed by atoms with Crippen LogP contribution in [0.5, 0.6) is 0 Å². The Morgan fingerprint density at radius 3 is 2.21 bits per heavy atom. The number of halogens is 6. The molecule has 2 fully saturated rings. The summed E-state index contributed by atoms with van der Waals surface area (Å²) in [7, 11) is -5.39. The highest BCUT2D eigenvalue weighted by Gasteiger charge is 2.46. The van der Waals surface area contributed by atoms with Gasteiger partial charge in [-0.25, -0.2) is 13.4 Å². The Hall–Kier alpha value is -3.11. The molecule has 1 aliphatic heterocycles. The number of anilines is 2. The van der Waals surface area contributed by atoms with Crippen LogP contribution >= 0.6 is 11.3 Å². The van der Waals surface area contributed by atoms with Crippen LogP contribution in [0.4, 0.5) is 37.2 Å². The number of nitrogens with one attached hydrogen (secondary N) is 1. The summed E-state index contributed by atoms with van der Waals surface area (Å²) in [6.07, 6.45) is -1.80. The maximum Gasteiger partial charge on any atom is 0.501 e. The van der Waals surface area contributed by atoms with E-state index in [1.165, 1.54) is 29.5 Å². The Kier molecular flexibility index (Phi) is 8.82. The molecule has 3 aromatic rings. The van der Waals surface area contributed by atoms with Crippen molar-refractivity contribution in [3.63, 3.8) is 0 Å². The molecule has 0 unspecified atom stereocenters. The highest BCUT2D eigenvalue weighted by molar-refractivity contribution is 7.92. The lowest BCUT2D eigenvalue weighted by Crippen LogP contribution is -2.50. The van der Waals surface area contributed by atoms with Crippen LogP contribution < -0.4 is 10.2 Å². The molecule has 2 heterocycles. The average Bonchev–Trinajstić information content (AvgIpc) is 3.40. The van der Waals surface area contributed by atoms with Crippen molar-refractivity contribution in [2.24, 2.45) is 0 Å². The fraction of sp³-hybridized carbons (Fsp3) is 0.481. The maximum atomic E-state index is 13.0. The molecule has 8 nitrogen and oxygen atoms in total. The van der Waals surface area contributed by atoms with E-state index in [0.717, 1.165) is 24.3 Å². The number of amides is 1. The van der Waals surface area contributed by atoms with Gasteiger partial charge in [-0.3, -0.25) is 4.79 Å². The molecule has 1 amide bonds. The third-order valence-electron chi connectivity index (χ3n) is 7.56. The summed E-state index contributed by atoms with van der Waals surface area (Å²) in [6, 6.07) is 8.01. The highest BCUT2D eigenvalue weighted by atomic mass is 32.2. The highest BCUT2D eigenvalue weighted by Crippen LogP contribution is 2.35. The third kappa shape index (κ3) is 7.17. The van der Waals surface area contributed by atoms with Gasteiger partial charge in [-0.05, 0) is 68.1 Å². The fourth-order valence-electron chi connectivity index (χ4n) is 5.13. The topological polar surface area (TPSA) is 91.8 Å². The van der Waals surface area contributed by atoms with Crippen molar-refractivity contribution >= 4 is 48.1 Å². The van der Waals surface area contributed by atoms with Gasteiger partial charge in [0.15, 0.2) is 5.13 Å². The second-order valence-electron chi connectivity index (χ2n) is 10.4. The van der Waals surface area contributed by atoms with Crippen molar-refractivity contribution in [1.82, 2.24) is 9.88 Å². The number of hydrogen-bond donors (Lipinski definition) is 1. The van der Waals surface area contributed by atoms with Crippen LogP contribution in [0.3, 0.4) is 0 Å². The standard InChI is InChI=1S/C27H28F6N4O4S2/c28-26(29,30)17-1-10-23-22(15-17)35-25(42-23)37-13-11-36(12-14-37)24(38)16-41-20-6-2-18(3-7-20)34-19-4-8-21(9-5-19)43(39,40)27(31,32)33/h1,4-5,8-10,15,18,20,34H,2-3,6-7,11-14,16H2/t18-,20-. The number of benzene rings is 2. The Morgan fingerprint density at radius 2 is 1.60 bits per heavy atom. The summed E-state index contributed by atoms with van der Waals surface area (Å²) in [4.78, 5) is 20.0. The predicted molar refractivity (Wildman–Crippen MR) is 149 cm³/mol. The van der Waals surface area contributed by atoms with Crippen LogP contribution in [0.15, 0.2) is 47.4 Å². The zero-order chi connectivity index (χ0) is 31.0. The van der Waals surface area contributed by atoms with Gasteiger partial charge in [0, 0.05) is 37.9 Å². The summed E-state index contributed by atoms with van der Waals surface area (Å²) in [5, 5.41) is 3.82. The second kappa shape index (κ2) is 12.1. The van der Waals surface area contributed by atoms with Gasteiger partial charge in [0.1, 0.15) is 6.61 Å². The minimum Gasteiger partial charge on any atom is -0.382 e. The molecule has 0 spiro atoms. The zero-order valence-electron chi connectivity index (χ0n) is 22.6. The van der Waals surface area contributed by atoms with Gasteiger partial charge in [0.25, 0.3) is 9.84 Å². The van der Waals surface area contributed by atoms with Gasteiger partial charge < -0.3 is 19.9 Å². The van der Waals surface area contributed by atoms with E-state index >= 15 is 0 Å². The van der Waals surface area contributed by atoms with Gasteiger partial charge in [-0.1, -0.05) is 11.3 Å². The van der Waals surface area contributed by atoms with Crippen LogP contribution in [0.1, 0.15) is 31.2 Å². The number of nitrogens with zero attached hydrogens (tertiary/aromatic N) is 3. The van der Waals surface area contributed by atoms with Gasteiger partial charge >= 0.3 is 11.7 Å². The number of ether oxygens (including phenoxy) is 1. The van der Waals surface area contributed by atoms with E-state index in [-0.39, 0.29) is 24.7 Å². The molecule has 1 aliphatic carbocycles. The molecule has 234 valence electrons. The number of alkyl halides is 6. The van der Waals surface area contributed by atoms with E-state index in [1.807, 2.05) is 4.90 Å². The molecule has 43 heavy (non-hydrogen) atoms. The van der Waals surface area contributed by atoms with Crippen molar-refractivity contribution in [2.45, 2.75) is 54.4 Å². The van der Waals surface area contributed by atoms with Crippen LogP contribution in [-0.2, 0) is 25.5 Å². The van der Waals surface area contributed by atoms with Crippen molar-refractivity contribution in [3.8, 4) is 0 Å². The normalized spacial score (nSPS) is 20.4. The van der Waals surface area contributed by atoms with Crippen molar-refractivity contribution in [2.75, 3.05) is 43.0 Å². The summed E-state index contributed by atoms with van der Waals surface area (Å²) in [5.74, 6) is -0.145. The Balaban J connectivity index is 1.04. The lowest BCUT2D eigenvalue weighted by atomic mass is 9.93. The van der Waals surface area contributed by atoms with Gasteiger partial charge in [0.05, 0.1) is 26.8 Å². The van der Waals surface area contributed by atoms with E-state index in [1.54, 1.807) is 4.90 Å². The zero-order valence-corrected chi connectivity index (χ0v) is 24.3. The SMILES string of the molecule is O=C(CO[C@H]1CC[C@H](Nc2ccc(S(=O)(=O)C(F)(F)F)cc2)CC1)N1CCN(c2nc3cc(C(F)(F)F)ccc3s2)CC1.